The van der Waals surface area contributed by atoms with E-state index in [4.69, 9.17) is 4.74 Å². The molecule has 1 N–H and O–H groups in total. The minimum atomic E-state index is -0.519. The SMILES string of the molecule is CCOc1ccc(CN(Cc2ccccc2)[C@@H](c2cc3cccc(C)c3[nH]c2=O)c2nnnn2C(C)(C)C)cc1. The lowest BCUT2D eigenvalue weighted by Gasteiger charge is -2.33. The van der Waals surface area contributed by atoms with Gasteiger partial charge in [0.1, 0.15) is 11.8 Å². The second kappa shape index (κ2) is 11.4. The number of hydrogen-bond acceptors (Lipinski definition) is 6. The molecule has 2 heterocycles. The maximum Gasteiger partial charge on any atom is 0.253 e. The largest absolute Gasteiger partial charge is 0.494 e. The number of tetrazole rings is 1. The van der Waals surface area contributed by atoms with Crippen LogP contribution in [-0.4, -0.2) is 36.7 Å². The summed E-state index contributed by atoms with van der Waals surface area (Å²) in [5, 5.41) is 13.9. The molecule has 8 heteroatoms. The van der Waals surface area contributed by atoms with Crippen LogP contribution in [0.15, 0.2) is 83.7 Å². The fourth-order valence-corrected chi connectivity index (χ4v) is 5.09. The van der Waals surface area contributed by atoms with Gasteiger partial charge in [-0.1, -0.05) is 60.7 Å². The van der Waals surface area contributed by atoms with E-state index >= 15 is 0 Å². The number of nitrogens with zero attached hydrogens (tertiary/aromatic N) is 5. The highest BCUT2D eigenvalue weighted by Crippen LogP contribution is 2.32. The highest BCUT2D eigenvalue weighted by atomic mass is 16.5. The minimum Gasteiger partial charge on any atom is -0.494 e. The van der Waals surface area contributed by atoms with Crippen LogP contribution >= 0.6 is 0 Å². The van der Waals surface area contributed by atoms with Crippen molar-refractivity contribution in [2.45, 2.75) is 59.3 Å². The fourth-order valence-electron chi connectivity index (χ4n) is 5.09. The molecule has 5 rings (SSSR count). The Kier molecular flexibility index (Phi) is 7.80. The molecular formula is C32H36N6O2. The van der Waals surface area contributed by atoms with Gasteiger partial charge in [0.05, 0.1) is 17.7 Å². The fraction of sp³-hybridized carbons (Fsp3) is 0.312. The second-order valence-electron chi connectivity index (χ2n) is 11.1. The average molecular weight is 537 g/mol. The molecule has 0 aliphatic carbocycles. The van der Waals surface area contributed by atoms with Gasteiger partial charge < -0.3 is 9.72 Å². The van der Waals surface area contributed by atoms with Crippen LogP contribution < -0.4 is 10.3 Å². The number of para-hydroxylation sites is 1. The Morgan fingerprint density at radius 3 is 2.33 bits per heavy atom. The first-order valence-corrected chi connectivity index (χ1v) is 13.7. The number of benzene rings is 3. The van der Waals surface area contributed by atoms with Gasteiger partial charge in [-0.15, -0.1) is 5.10 Å². The molecule has 40 heavy (non-hydrogen) atoms. The standard InChI is InChI=1S/C32H36N6O2/c1-6-40-26-17-15-24(16-18-26)21-37(20-23-12-8-7-9-13-23)29(30-34-35-36-38(30)32(3,4)5)27-19-25-14-10-11-22(2)28(25)33-31(27)39/h7-19,29H,6,20-21H2,1-5H3,(H,33,39)/t29-/m0/s1. The molecule has 0 aliphatic heterocycles. The lowest BCUT2D eigenvalue weighted by molar-refractivity contribution is 0.184. The zero-order valence-electron chi connectivity index (χ0n) is 23.8. The first-order chi connectivity index (χ1) is 19.2. The Hall–Kier alpha value is -4.30. The Balaban J connectivity index is 1.70. The van der Waals surface area contributed by atoms with Crippen LogP contribution in [0.5, 0.6) is 5.75 Å². The molecule has 0 fully saturated rings. The quantitative estimate of drug-likeness (QED) is 0.257. The summed E-state index contributed by atoms with van der Waals surface area (Å²) in [6.07, 6.45) is 0. The summed E-state index contributed by atoms with van der Waals surface area (Å²) in [5.74, 6) is 1.45. The van der Waals surface area contributed by atoms with Crippen LogP contribution in [0.1, 0.15) is 61.8 Å². The highest BCUT2D eigenvalue weighted by molar-refractivity contribution is 5.82. The van der Waals surface area contributed by atoms with Crippen molar-refractivity contribution < 1.29 is 4.74 Å². The maximum absolute atomic E-state index is 13.8. The number of nitrogens with one attached hydrogen (secondary N) is 1. The lowest BCUT2D eigenvalue weighted by atomic mass is 9.99. The Bertz CT molecular complexity index is 1630. The number of aryl methyl sites for hydroxylation is 1. The highest BCUT2D eigenvalue weighted by Gasteiger charge is 2.33. The second-order valence-corrected chi connectivity index (χ2v) is 11.1. The Morgan fingerprint density at radius 1 is 0.950 bits per heavy atom. The Labute approximate surface area is 234 Å². The van der Waals surface area contributed by atoms with Crippen molar-refractivity contribution in [1.82, 2.24) is 30.1 Å². The molecule has 2 aromatic heterocycles. The molecule has 0 bridgehead atoms. The number of rotatable bonds is 9. The first kappa shape index (κ1) is 27.3. The lowest BCUT2D eigenvalue weighted by Crippen LogP contribution is -2.37. The van der Waals surface area contributed by atoms with Crippen LogP contribution in [0.4, 0.5) is 0 Å². The number of H-pyrrole nitrogens is 1. The number of aromatic amines is 1. The van der Waals surface area contributed by atoms with E-state index in [1.807, 2.05) is 73.1 Å². The molecular weight excluding hydrogens is 500 g/mol. The van der Waals surface area contributed by atoms with Gasteiger partial charge in [-0.3, -0.25) is 9.69 Å². The van der Waals surface area contributed by atoms with Crippen molar-refractivity contribution in [3.05, 3.63) is 117 Å². The van der Waals surface area contributed by atoms with Crippen molar-refractivity contribution in [2.75, 3.05) is 6.61 Å². The summed E-state index contributed by atoms with van der Waals surface area (Å²) in [4.78, 5) is 19.3. The molecule has 0 radical (unpaired) electrons. The predicted octanol–water partition coefficient (Wildman–Crippen LogP) is 5.77. The van der Waals surface area contributed by atoms with E-state index in [0.29, 0.717) is 31.1 Å². The van der Waals surface area contributed by atoms with Gasteiger partial charge in [0.2, 0.25) is 0 Å². The van der Waals surface area contributed by atoms with Crippen LogP contribution in [0, 0.1) is 6.92 Å². The maximum atomic E-state index is 13.8. The van der Waals surface area contributed by atoms with Gasteiger partial charge in [-0.2, -0.15) is 0 Å². The third-order valence-electron chi connectivity index (χ3n) is 7.00. The zero-order valence-corrected chi connectivity index (χ0v) is 23.8. The Morgan fingerprint density at radius 2 is 1.65 bits per heavy atom. The van der Waals surface area contributed by atoms with Crippen molar-refractivity contribution in [2.24, 2.45) is 0 Å². The van der Waals surface area contributed by atoms with Crippen LogP contribution in [-0.2, 0) is 18.6 Å². The molecule has 206 valence electrons. The van der Waals surface area contributed by atoms with Crippen LogP contribution in [0.25, 0.3) is 10.9 Å². The molecule has 8 nitrogen and oxygen atoms in total. The molecule has 1 atom stereocenters. The van der Waals surface area contributed by atoms with Crippen LogP contribution in [0.2, 0.25) is 0 Å². The summed E-state index contributed by atoms with van der Waals surface area (Å²) in [5.41, 5.74) is 4.13. The van der Waals surface area contributed by atoms with Gasteiger partial charge in [0.15, 0.2) is 5.82 Å². The first-order valence-electron chi connectivity index (χ1n) is 13.7. The van der Waals surface area contributed by atoms with Crippen molar-refractivity contribution >= 4 is 10.9 Å². The summed E-state index contributed by atoms with van der Waals surface area (Å²) >= 11 is 0. The number of pyridine rings is 1. The third kappa shape index (κ3) is 5.82. The van der Waals surface area contributed by atoms with E-state index in [9.17, 15) is 4.79 Å². The van der Waals surface area contributed by atoms with Gasteiger partial charge in [-0.25, -0.2) is 4.68 Å². The van der Waals surface area contributed by atoms with Gasteiger partial charge in [-0.05, 0) is 85.3 Å². The minimum absolute atomic E-state index is 0.153. The monoisotopic (exact) mass is 536 g/mol. The van der Waals surface area contributed by atoms with E-state index in [1.54, 1.807) is 0 Å². The molecule has 0 amide bonds. The van der Waals surface area contributed by atoms with E-state index in [0.717, 1.165) is 33.3 Å². The number of aromatic nitrogens is 5. The summed E-state index contributed by atoms with van der Waals surface area (Å²) < 4.78 is 7.49. The molecule has 0 unspecified atom stereocenters. The molecule has 0 aliphatic rings. The topological polar surface area (TPSA) is 88.9 Å². The number of fused-ring (bicyclic) bond motifs is 1. The van der Waals surface area contributed by atoms with E-state index < -0.39 is 11.6 Å². The number of hydrogen-bond donors (Lipinski definition) is 1. The normalized spacial score (nSPS) is 12.7. The summed E-state index contributed by atoms with van der Waals surface area (Å²) in [6, 6.07) is 25.9. The van der Waals surface area contributed by atoms with Gasteiger partial charge >= 0.3 is 0 Å². The van der Waals surface area contributed by atoms with Crippen molar-refractivity contribution in [3.8, 4) is 5.75 Å². The molecule has 0 saturated carbocycles. The van der Waals surface area contributed by atoms with E-state index in [-0.39, 0.29) is 5.56 Å². The molecule has 0 saturated heterocycles. The van der Waals surface area contributed by atoms with E-state index in [1.165, 1.54) is 0 Å². The molecule has 0 spiro atoms. The average Bonchev–Trinajstić information content (AvgIpc) is 3.42. The predicted molar refractivity (Wildman–Crippen MR) is 157 cm³/mol. The zero-order chi connectivity index (χ0) is 28.3. The van der Waals surface area contributed by atoms with E-state index in [2.05, 4.69) is 70.4 Å². The third-order valence-corrected chi connectivity index (χ3v) is 7.00. The van der Waals surface area contributed by atoms with Gasteiger partial charge in [0.25, 0.3) is 5.56 Å². The van der Waals surface area contributed by atoms with Crippen molar-refractivity contribution in [3.63, 3.8) is 0 Å². The summed E-state index contributed by atoms with van der Waals surface area (Å²) in [6.45, 7) is 11.9. The molecule has 5 aromatic rings. The van der Waals surface area contributed by atoms with Crippen LogP contribution in [0.3, 0.4) is 0 Å². The van der Waals surface area contributed by atoms with Gasteiger partial charge in [0, 0.05) is 18.7 Å². The smallest absolute Gasteiger partial charge is 0.253 e. The molecule has 3 aromatic carbocycles. The number of ether oxygens (including phenoxy) is 1. The van der Waals surface area contributed by atoms with Crippen molar-refractivity contribution in [1.29, 1.82) is 0 Å². The summed E-state index contributed by atoms with van der Waals surface area (Å²) in [7, 11) is 0.